The molecule has 5 nitrogen and oxygen atoms in total. The third-order valence-electron chi connectivity index (χ3n) is 5.26. The van der Waals surface area contributed by atoms with Crippen molar-refractivity contribution >= 4 is 12.0 Å². The van der Waals surface area contributed by atoms with Crippen LogP contribution in [0.3, 0.4) is 0 Å². The number of hydrogen-bond acceptors (Lipinski definition) is 3. The Labute approximate surface area is 163 Å². The van der Waals surface area contributed by atoms with Crippen molar-refractivity contribution in [3.8, 4) is 0 Å². The van der Waals surface area contributed by atoms with Gasteiger partial charge in [0.1, 0.15) is 11.4 Å². The maximum Gasteiger partial charge on any atom is 0.411 e. The average molecular weight is 382 g/mol. The zero-order valence-corrected chi connectivity index (χ0v) is 15.7. The summed E-state index contributed by atoms with van der Waals surface area (Å²) in [6.07, 6.45) is 2.27. The van der Waals surface area contributed by atoms with Crippen molar-refractivity contribution in [3.63, 3.8) is 0 Å². The van der Waals surface area contributed by atoms with Crippen molar-refractivity contribution in [2.45, 2.75) is 31.4 Å². The lowest BCUT2D eigenvalue weighted by atomic mass is 9.85. The van der Waals surface area contributed by atoms with Crippen molar-refractivity contribution in [2.75, 3.05) is 6.54 Å². The molecule has 2 aromatic rings. The van der Waals surface area contributed by atoms with E-state index in [0.29, 0.717) is 24.9 Å². The molecule has 0 bridgehead atoms. The second kappa shape index (κ2) is 7.84. The third kappa shape index (κ3) is 3.76. The molecule has 1 saturated heterocycles. The number of primary amides is 1. The fraction of sp³-hybridized carbons (Fsp3) is 0.273. The molecule has 6 heteroatoms. The predicted octanol–water partition coefficient (Wildman–Crippen LogP) is 4.30. The molecule has 1 heterocycles. The number of amides is 2. The molecule has 0 radical (unpaired) electrons. The van der Waals surface area contributed by atoms with Gasteiger partial charge < -0.3 is 15.4 Å². The Morgan fingerprint density at radius 1 is 1.29 bits per heavy atom. The van der Waals surface area contributed by atoms with Crippen LogP contribution in [0.4, 0.5) is 9.18 Å². The number of cyclic esters (lactones) is 1. The Morgan fingerprint density at radius 2 is 1.93 bits per heavy atom. The lowest BCUT2D eigenvalue weighted by Crippen LogP contribution is -2.48. The fourth-order valence-electron chi connectivity index (χ4n) is 3.58. The molecule has 3 rings (SSSR count). The standard InChI is InChI=1S/C22H23FN2O3/c1-3-12-22(18-8-10-19(23)11-9-18)13-14-25(21(27)28-22)15(2)16-4-6-17(7-5-16)20(24)26/h3-11,15H,1,12-14H2,2H3,(H2,24,26). The van der Waals surface area contributed by atoms with Gasteiger partial charge in [-0.15, -0.1) is 6.58 Å². The van der Waals surface area contributed by atoms with Crippen LogP contribution < -0.4 is 5.73 Å². The van der Waals surface area contributed by atoms with E-state index in [4.69, 9.17) is 10.5 Å². The summed E-state index contributed by atoms with van der Waals surface area (Å²) in [7, 11) is 0. The van der Waals surface area contributed by atoms with Gasteiger partial charge in [-0.05, 0) is 42.3 Å². The van der Waals surface area contributed by atoms with Crippen molar-refractivity contribution in [2.24, 2.45) is 5.73 Å². The zero-order chi connectivity index (χ0) is 20.3. The maximum atomic E-state index is 13.3. The normalized spacial score (nSPS) is 20.4. The summed E-state index contributed by atoms with van der Waals surface area (Å²) in [5.41, 5.74) is 6.46. The summed E-state index contributed by atoms with van der Waals surface area (Å²) in [5, 5.41) is 0. The molecule has 2 aromatic carbocycles. The molecule has 1 fully saturated rings. The topological polar surface area (TPSA) is 72.6 Å². The number of carbonyl (C=O) groups excluding carboxylic acids is 2. The van der Waals surface area contributed by atoms with Gasteiger partial charge in [0, 0.05) is 24.9 Å². The molecule has 0 aliphatic carbocycles. The number of halogens is 1. The van der Waals surface area contributed by atoms with Crippen molar-refractivity contribution in [1.29, 1.82) is 0 Å². The van der Waals surface area contributed by atoms with E-state index in [1.165, 1.54) is 12.1 Å². The first-order chi connectivity index (χ1) is 13.4. The Kier molecular flexibility index (Phi) is 5.49. The zero-order valence-electron chi connectivity index (χ0n) is 15.7. The monoisotopic (exact) mass is 382 g/mol. The minimum absolute atomic E-state index is 0.232. The third-order valence-corrected chi connectivity index (χ3v) is 5.26. The summed E-state index contributed by atoms with van der Waals surface area (Å²) < 4.78 is 19.2. The van der Waals surface area contributed by atoms with Gasteiger partial charge in [-0.25, -0.2) is 9.18 Å². The van der Waals surface area contributed by atoms with E-state index in [2.05, 4.69) is 6.58 Å². The average Bonchev–Trinajstić information content (AvgIpc) is 2.68. The van der Waals surface area contributed by atoms with E-state index < -0.39 is 17.6 Å². The van der Waals surface area contributed by atoms with Crippen LogP contribution in [-0.2, 0) is 10.3 Å². The van der Waals surface area contributed by atoms with Crippen LogP contribution in [0.15, 0.2) is 61.2 Å². The van der Waals surface area contributed by atoms with Crippen molar-refractivity contribution < 1.29 is 18.7 Å². The molecule has 1 aliphatic rings. The number of benzene rings is 2. The smallest absolute Gasteiger partial charge is 0.411 e. The molecular formula is C22H23FN2O3. The lowest BCUT2D eigenvalue weighted by molar-refractivity contribution is -0.0588. The number of nitrogens with two attached hydrogens (primary N) is 1. The van der Waals surface area contributed by atoms with E-state index in [1.54, 1.807) is 47.4 Å². The fourth-order valence-corrected chi connectivity index (χ4v) is 3.58. The minimum Gasteiger partial charge on any atom is -0.437 e. The maximum absolute atomic E-state index is 13.3. The summed E-state index contributed by atoms with van der Waals surface area (Å²) in [6, 6.07) is 12.6. The first-order valence-corrected chi connectivity index (χ1v) is 9.12. The highest BCUT2D eigenvalue weighted by Gasteiger charge is 2.42. The van der Waals surface area contributed by atoms with Gasteiger partial charge >= 0.3 is 6.09 Å². The van der Waals surface area contributed by atoms with E-state index in [-0.39, 0.29) is 11.9 Å². The highest BCUT2D eigenvalue weighted by Crippen LogP contribution is 2.39. The van der Waals surface area contributed by atoms with Crippen LogP contribution in [0, 0.1) is 5.82 Å². The Hall–Kier alpha value is -3.15. The molecule has 0 aromatic heterocycles. The van der Waals surface area contributed by atoms with Gasteiger partial charge in [-0.3, -0.25) is 4.79 Å². The van der Waals surface area contributed by atoms with Gasteiger partial charge in [-0.1, -0.05) is 30.3 Å². The van der Waals surface area contributed by atoms with E-state index in [9.17, 15) is 14.0 Å². The molecule has 2 amide bonds. The van der Waals surface area contributed by atoms with E-state index in [0.717, 1.165) is 11.1 Å². The molecule has 0 saturated carbocycles. The van der Waals surface area contributed by atoms with Gasteiger partial charge in [-0.2, -0.15) is 0 Å². The number of nitrogens with zero attached hydrogens (tertiary/aromatic N) is 1. The summed E-state index contributed by atoms with van der Waals surface area (Å²) >= 11 is 0. The van der Waals surface area contributed by atoms with Crippen LogP contribution in [0.5, 0.6) is 0 Å². The number of hydrogen-bond donors (Lipinski definition) is 1. The molecule has 146 valence electrons. The van der Waals surface area contributed by atoms with Gasteiger partial charge in [0.2, 0.25) is 5.91 Å². The SMILES string of the molecule is C=CCC1(c2ccc(F)cc2)CCN(C(C)c2ccc(C(N)=O)cc2)C(=O)O1. The van der Waals surface area contributed by atoms with Crippen LogP contribution in [0.1, 0.15) is 47.3 Å². The van der Waals surface area contributed by atoms with Crippen LogP contribution in [0.25, 0.3) is 0 Å². The summed E-state index contributed by atoms with van der Waals surface area (Å²) in [5.74, 6) is -0.834. The molecule has 2 atom stereocenters. The summed E-state index contributed by atoms with van der Waals surface area (Å²) in [4.78, 5) is 25.7. The van der Waals surface area contributed by atoms with E-state index in [1.807, 2.05) is 6.92 Å². The highest BCUT2D eigenvalue weighted by molar-refractivity contribution is 5.92. The van der Waals surface area contributed by atoms with Crippen LogP contribution in [0.2, 0.25) is 0 Å². The van der Waals surface area contributed by atoms with E-state index >= 15 is 0 Å². The largest absolute Gasteiger partial charge is 0.437 e. The molecule has 28 heavy (non-hydrogen) atoms. The van der Waals surface area contributed by atoms with Crippen LogP contribution in [-0.4, -0.2) is 23.4 Å². The van der Waals surface area contributed by atoms with Gasteiger partial charge in [0.25, 0.3) is 0 Å². The molecule has 2 unspecified atom stereocenters. The van der Waals surface area contributed by atoms with Crippen molar-refractivity contribution in [1.82, 2.24) is 4.90 Å². The second-order valence-corrected chi connectivity index (χ2v) is 6.97. The first kappa shape index (κ1) is 19.6. The number of carbonyl (C=O) groups is 2. The molecule has 2 N–H and O–H groups in total. The lowest BCUT2D eigenvalue weighted by Gasteiger charge is -2.43. The minimum atomic E-state index is -0.849. The molecular weight excluding hydrogens is 359 g/mol. The number of ether oxygens (including phenoxy) is 1. The quantitative estimate of drug-likeness (QED) is 0.757. The Bertz CT molecular complexity index is 880. The number of rotatable bonds is 6. The highest BCUT2D eigenvalue weighted by atomic mass is 19.1. The molecule has 1 aliphatic heterocycles. The predicted molar refractivity (Wildman–Crippen MR) is 104 cm³/mol. The first-order valence-electron chi connectivity index (χ1n) is 9.12. The Morgan fingerprint density at radius 3 is 2.46 bits per heavy atom. The Balaban J connectivity index is 1.80. The van der Waals surface area contributed by atoms with Crippen molar-refractivity contribution in [3.05, 3.63) is 83.7 Å². The van der Waals surface area contributed by atoms with Crippen LogP contribution >= 0.6 is 0 Å². The van der Waals surface area contributed by atoms with Gasteiger partial charge in [0.05, 0.1) is 6.04 Å². The molecule has 0 spiro atoms. The summed E-state index contributed by atoms with van der Waals surface area (Å²) in [6.45, 7) is 6.15. The second-order valence-electron chi connectivity index (χ2n) is 6.97. The van der Waals surface area contributed by atoms with Gasteiger partial charge in [0.15, 0.2) is 0 Å².